The molecule has 0 aromatic rings. The first kappa shape index (κ1) is 14.4. The number of hydrogen-bond donors (Lipinski definition) is 2. The van der Waals surface area contributed by atoms with Gasteiger partial charge >= 0.3 is 6.18 Å². The predicted octanol–water partition coefficient (Wildman–Crippen LogP) is 2.27. The van der Waals surface area contributed by atoms with E-state index < -0.39 is 11.7 Å². The highest BCUT2D eigenvalue weighted by Gasteiger charge is 2.41. The summed E-state index contributed by atoms with van der Waals surface area (Å²) in [5.41, 5.74) is 7.66. The monoisotopic (exact) mass is 262 g/mol. The van der Waals surface area contributed by atoms with E-state index in [4.69, 9.17) is 5.73 Å². The first-order chi connectivity index (χ1) is 8.32. The molecule has 0 saturated heterocycles. The molecule has 2 rings (SSSR count). The van der Waals surface area contributed by atoms with E-state index in [0.29, 0.717) is 5.84 Å². The summed E-state index contributed by atoms with van der Waals surface area (Å²) in [6, 6.07) is 0. The molecule has 1 atom stereocenters. The lowest BCUT2D eigenvalue weighted by atomic mass is 10.0. The van der Waals surface area contributed by atoms with Gasteiger partial charge < -0.3 is 10.6 Å². The molecule has 0 aromatic carbocycles. The normalized spacial score (nSPS) is 22.6. The van der Waals surface area contributed by atoms with E-state index in [0.717, 1.165) is 6.20 Å². The highest BCUT2D eigenvalue weighted by molar-refractivity contribution is 6.01. The first-order valence-corrected chi connectivity index (χ1v) is 5.70. The van der Waals surface area contributed by atoms with Crippen molar-refractivity contribution >= 4 is 5.84 Å². The fraction of sp³-hybridized carbons (Fsp3) is 0.545. The molecule has 0 radical (unpaired) electrons. The molecule has 2 aliphatic rings. The number of fused-ring (bicyclic) bond motifs is 1. The molecule has 0 aromatic heterocycles. The van der Waals surface area contributed by atoms with Crippen LogP contribution in [0.15, 0.2) is 28.1 Å². The van der Waals surface area contributed by atoms with Crippen molar-refractivity contribution < 1.29 is 13.2 Å². The topological polar surface area (TPSA) is 53.6 Å². The summed E-state index contributed by atoms with van der Waals surface area (Å²) >= 11 is 0. The van der Waals surface area contributed by atoms with Crippen LogP contribution in [0.25, 0.3) is 0 Å². The Bertz CT molecular complexity index is 420. The molecule has 0 amide bonds. The van der Waals surface area contributed by atoms with Crippen LogP contribution in [0, 0.1) is 0 Å². The largest absolute Gasteiger partial charge is 0.418 e. The van der Waals surface area contributed by atoms with Gasteiger partial charge in [-0.3, -0.25) is 5.43 Å². The summed E-state index contributed by atoms with van der Waals surface area (Å²) in [6.07, 6.45) is -3.68. The molecule has 0 saturated carbocycles. The minimum absolute atomic E-state index is 0.0124. The molecule has 7 heteroatoms. The lowest BCUT2D eigenvalue weighted by molar-refractivity contribution is -0.0904. The summed E-state index contributed by atoms with van der Waals surface area (Å²) in [4.78, 5) is 1.38. The Hall–Kier alpha value is -1.66. The molecule has 4 nitrogen and oxygen atoms in total. The van der Waals surface area contributed by atoms with Crippen LogP contribution in [-0.4, -0.2) is 23.1 Å². The maximum absolute atomic E-state index is 12.7. The van der Waals surface area contributed by atoms with Crippen molar-refractivity contribution in [1.29, 1.82) is 0 Å². The lowest BCUT2D eigenvalue weighted by Gasteiger charge is -2.28. The van der Waals surface area contributed by atoms with Crippen LogP contribution in [0.2, 0.25) is 0 Å². The Balaban J connectivity index is 0.000000771. The van der Waals surface area contributed by atoms with Gasteiger partial charge in [0.25, 0.3) is 0 Å². The SMILES string of the molecule is CC.CC1=C(N)C2=NNC(C)N2C=C1C(F)(F)F. The summed E-state index contributed by atoms with van der Waals surface area (Å²) < 4.78 is 38.1. The standard InChI is InChI=1S/C9H11F3N4.C2H6/c1-4-6(9(10,11)12)3-16-5(2)14-15-8(16)7(4)13;1-2/h3,5,14H,13H2,1-2H3;1-2H3. The van der Waals surface area contributed by atoms with Crippen molar-refractivity contribution in [2.75, 3.05) is 0 Å². The van der Waals surface area contributed by atoms with Gasteiger partial charge in [-0.15, -0.1) is 0 Å². The van der Waals surface area contributed by atoms with Crippen LogP contribution >= 0.6 is 0 Å². The van der Waals surface area contributed by atoms with Gasteiger partial charge in [-0.05, 0) is 19.4 Å². The molecule has 102 valence electrons. The summed E-state index contributed by atoms with van der Waals surface area (Å²) in [6.45, 7) is 7.05. The lowest BCUT2D eigenvalue weighted by Crippen LogP contribution is -2.40. The van der Waals surface area contributed by atoms with Crippen molar-refractivity contribution in [2.24, 2.45) is 10.8 Å². The van der Waals surface area contributed by atoms with Crippen LogP contribution < -0.4 is 11.2 Å². The van der Waals surface area contributed by atoms with Crippen molar-refractivity contribution in [1.82, 2.24) is 10.3 Å². The Morgan fingerprint density at radius 1 is 1.39 bits per heavy atom. The van der Waals surface area contributed by atoms with E-state index in [2.05, 4.69) is 10.5 Å². The highest BCUT2D eigenvalue weighted by atomic mass is 19.4. The predicted molar refractivity (Wildman–Crippen MR) is 64.2 cm³/mol. The minimum atomic E-state index is -4.40. The first-order valence-electron chi connectivity index (χ1n) is 5.70. The third-order valence-electron chi connectivity index (χ3n) is 2.64. The second kappa shape index (κ2) is 4.91. The second-order valence-corrected chi connectivity index (χ2v) is 3.73. The third kappa shape index (κ3) is 2.30. The van der Waals surface area contributed by atoms with E-state index in [1.165, 1.54) is 11.8 Å². The molecule has 3 N–H and O–H groups in total. The second-order valence-electron chi connectivity index (χ2n) is 3.73. The molecule has 0 spiro atoms. The van der Waals surface area contributed by atoms with Gasteiger partial charge in [0, 0.05) is 6.20 Å². The van der Waals surface area contributed by atoms with Crippen molar-refractivity contribution in [2.45, 2.75) is 40.0 Å². The highest BCUT2D eigenvalue weighted by Crippen LogP contribution is 2.36. The summed E-state index contributed by atoms with van der Waals surface area (Å²) in [7, 11) is 0. The van der Waals surface area contributed by atoms with Gasteiger partial charge in [-0.2, -0.15) is 18.3 Å². The molecule has 2 heterocycles. The Labute approximate surface area is 104 Å². The van der Waals surface area contributed by atoms with Crippen molar-refractivity contribution in [3.8, 4) is 0 Å². The van der Waals surface area contributed by atoms with Gasteiger partial charge in [0.15, 0.2) is 5.84 Å². The smallest absolute Gasteiger partial charge is 0.395 e. The maximum Gasteiger partial charge on any atom is 0.418 e. The number of hydrogen-bond acceptors (Lipinski definition) is 4. The van der Waals surface area contributed by atoms with E-state index in [1.54, 1.807) is 6.92 Å². The number of nitrogens with one attached hydrogen (secondary N) is 1. The number of halogens is 3. The van der Waals surface area contributed by atoms with E-state index in [1.807, 2.05) is 13.8 Å². The zero-order valence-electron chi connectivity index (χ0n) is 10.8. The number of nitrogens with zero attached hydrogens (tertiary/aromatic N) is 2. The number of alkyl halides is 3. The fourth-order valence-electron chi connectivity index (χ4n) is 1.66. The zero-order chi connectivity index (χ0) is 14.1. The van der Waals surface area contributed by atoms with Crippen molar-refractivity contribution in [3.05, 3.63) is 23.0 Å². The van der Waals surface area contributed by atoms with Gasteiger partial charge in [0.2, 0.25) is 0 Å². The molecule has 2 aliphatic heterocycles. The Kier molecular flexibility index (Phi) is 3.93. The maximum atomic E-state index is 12.7. The van der Waals surface area contributed by atoms with Crippen LogP contribution in [0.1, 0.15) is 27.7 Å². The molecule has 1 unspecified atom stereocenters. The van der Waals surface area contributed by atoms with Crippen molar-refractivity contribution in [3.63, 3.8) is 0 Å². The number of allylic oxidation sites excluding steroid dienone is 2. The number of hydrazone groups is 1. The molecular weight excluding hydrogens is 245 g/mol. The van der Waals surface area contributed by atoms with Gasteiger partial charge in [0.05, 0.1) is 11.3 Å². The van der Waals surface area contributed by atoms with Gasteiger partial charge in [-0.1, -0.05) is 13.8 Å². The van der Waals surface area contributed by atoms with Crippen LogP contribution in [-0.2, 0) is 0 Å². The van der Waals surface area contributed by atoms with Crippen LogP contribution in [0.5, 0.6) is 0 Å². The van der Waals surface area contributed by atoms with E-state index in [9.17, 15) is 13.2 Å². The van der Waals surface area contributed by atoms with Gasteiger partial charge in [-0.25, -0.2) is 0 Å². The molecule has 0 fully saturated rings. The Morgan fingerprint density at radius 3 is 2.44 bits per heavy atom. The fourth-order valence-corrected chi connectivity index (χ4v) is 1.66. The average molecular weight is 262 g/mol. The van der Waals surface area contributed by atoms with Crippen LogP contribution in [0.4, 0.5) is 13.2 Å². The number of rotatable bonds is 0. The zero-order valence-corrected chi connectivity index (χ0v) is 10.8. The average Bonchev–Trinajstić information content (AvgIpc) is 2.67. The van der Waals surface area contributed by atoms with Gasteiger partial charge in [0.1, 0.15) is 6.17 Å². The third-order valence-corrected chi connectivity index (χ3v) is 2.64. The summed E-state index contributed by atoms with van der Waals surface area (Å²) in [5.74, 6) is 0.345. The molecule has 0 bridgehead atoms. The number of amidine groups is 1. The molecule has 18 heavy (non-hydrogen) atoms. The van der Waals surface area contributed by atoms with E-state index in [-0.39, 0.29) is 17.4 Å². The summed E-state index contributed by atoms with van der Waals surface area (Å²) in [5, 5.41) is 3.88. The number of nitrogens with two attached hydrogens (primary N) is 1. The molecular formula is C11H17F3N4. The Morgan fingerprint density at radius 2 is 1.94 bits per heavy atom. The van der Waals surface area contributed by atoms with E-state index >= 15 is 0 Å². The van der Waals surface area contributed by atoms with Crippen LogP contribution in [0.3, 0.4) is 0 Å². The quantitative estimate of drug-likeness (QED) is 0.704. The minimum Gasteiger partial charge on any atom is -0.395 e. The molecule has 0 aliphatic carbocycles.